The maximum atomic E-state index is 6.32. The van der Waals surface area contributed by atoms with Crippen molar-refractivity contribution in [3.05, 3.63) is 6.33 Å². The van der Waals surface area contributed by atoms with Crippen molar-refractivity contribution in [1.82, 2.24) is 15.3 Å². The Bertz CT molecular complexity index is 579. The highest BCUT2D eigenvalue weighted by Crippen LogP contribution is 2.33. The van der Waals surface area contributed by atoms with Gasteiger partial charge in [0.05, 0.1) is 0 Å². The first-order chi connectivity index (χ1) is 11.7. The molecule has 0 aromatic carbocycles. The molecule has 3 rings (SSSR count). The Kier molecular flexibility index (Phi) is 5.09. The van der Waals surface area contributed by atoms with E-state index in [2.05, 4.69) is 48.3 Å². The van der Waals surface area contributed by atoms with Gasteiger partial charge in [-0.1, -0.05) is 6.42 Å². The van der Waals surface area contributed by atoms with Crippen LogP contribution in [0.3, 0.4) is 0 Å². The Balaban J connectivity index is 1.71. The molecular weight excluding hydrogens is 314 g/mol. The summed E-state index contributed by atoms with van der Waals surface area (Å²) in [4.78, 5) is 8.65. The van der Waals surface area contributed by atoms with E-state index in [1.165, 1.54) is 19.3 Å². The third kappa shape index (κ3) is 4.75. The van der Waals surface area contributed by atoms with Crippen LogP contribution in [0, 0.1) is 0 Å². The van der Waals surface area contributed by atoms with Crippen molar-refractivity contribution in [3.8, 4) is 5.88 Å². The lowest BCUT2D eigenvalue weighted by atomic mass is 9.79. The van der Waals surface area contributed by atoms with Gasteiger partial charge in [0.2, 0.25) is 5.88 Å². The molecule has 1 aromatic rings. The summed E-state index contributed by atoms with van der Waals surface area (Å²) in [5, 5.41) is 7.24. The van der Waals surface area contributed by atoms with Gasteiger partial charge in [-0.2, -0.15) is 4.98 Å². The van der Waals surface area contributed by atoms with Gasteiger partial charge in [0.25, 0.3) is 0 Å². The predicted octanol–water partition coefficient (Wildman–Crippen LogP) is 3.49. The zero-order valence-corrected chi connectivity index (χ0v) is 16.1. The lowest BCUT2D eigenvalue weighted by Crippen LogP contribution is -2.60. The van der Waals surface area contributed by atoms with Gasteiger partial charge in [0.1, 0.15) is 18.1 Å². The number of hydrogen-bond acceptors (Lipinski definition) is 6. The molecule has 0 spiro atoms. The van der Waals surface area contributed by atoms with Gasteiger partial charge < -0.3 is 21.1 Å². The Morgan fingerprint density at radius 2 is 1.72 bits per heavy atom. The van der Waals surface area contributed by atoms with Crippen LogP contribution in [-0.4, -0.2) is 33.2 Å². The van der Waals surface area contributed by atoms with E-state index >= 15 is 0 Å². The van der Waals surface area contributed by atoms with Crippen molar-refractivity contribution in [2.24, 2.45) is 0 Å². The second kappa shape index (κ2) is 6.98. The van der Waals surface area contributed by atoms with Gasteiger partial charge in [0, 0.05) is 17.1 Å². The molecule has 1 saturated carbocycles. The van der Waals surface area contributed by atoms with E-state index in [0.717, 1.165) is 25.7 Å². The van der Waals surface area contributed by atoms with E-state index in [-0.39, 0.29) is 17.2 Å². The van der Waals surface area contributed by atoms with E-state index < -0.39 is 0 Å². The number of anilines is 2. The Labute approximate surface area is 151 Å². The fourth-order valence-corrected chi connectivity index (χ4v) is 4.55. The summed E-state index contributed by atoms with van der Waals surface area (Å²) in [6, 6.07) is 0.311. The number of rotatable bonds is 4. The van der Waals surface area contributed by atoms with Crippen LogP contribution in [0.25, 0.3) is 0 Å². The number of ether oxygens (including phenoxy) is 1. The molecule has 140 valence electrons. The minimum Gasteiger partial charge on any atom is -0.473 e. The topological polar surface area (TPSA) is 85.1 Å². The van der Waals surface area contributed by atoms with Crippen LogP contribution < -0.4 is 21.1 Å². The minimum absolute atomic E-state index is 0.0721. The maximum Gasteiger partial charge on any atom is 0.242 e. The monoisotopic (exact) mass is 347 g/mol. The summed E-state index contributed by atoms with van der Waals surface area (Å²) in [6.45, 7) is 8.96. The lowest BCUT2D eigenvalue weighted by Gasteiger charge is -2.46. The number of nitrogens with one attached hydrogen (secondary N) is 2. The summed E-state index contributed by atoms with van der Waals surface area (Å²) < 4.78 is 6.07. The molecule has 4 N–H and O–H groups in total. The highest BCUT2D eigenvalue weighted by Gasteiger charge is 2.38. The molecule has 2 fully saturated rings. The van der Waals surface area contributed by atoms with Crippen molar-refractivity contribution in [2.45, 2.75) is 95.9 Å². The van der Waals surface area contributed by atoms with Crippen LogP contribution in [0.1, 0.15) is 72.6 Å². The van der Waals surface area contributed by atoms with Crippen LogP contribution in [-0.2, 0) is 0 Å². The molecule has 1 saturated heterocycles. The molecule has 0 unspecified atom stereocenters. The number of nitrogen functional groups attached to an aromatic ring is 1. The molecule has 1 aliphatic carbocycles. The van der Waals surface area contributed by atoms with Gasteiger partial charge in [-0.05, 0) is 66.2 Å². The zero-order valence-electron chi connectivity index (χ0n) is 16.1. The van der Waals surface area contributed by atoms with Crippen molar-refractivity contribution >= 4 is 11.5 Å². The molecule has 0 amide bonds. The van der Waals surface area contributed by atoms with Gasteiger partial charge in [-0.3, -0.25) is 0 Å². The molecule has 0 atom stereocenters. The highest BCUT2D eigenvalue weighted by atomic mass is 16.5. The maximum absolute atomic E-state index is 6.32. The molecule has 2 aliphatic rings. The summed E-state index contributed by atoms with van der Waals surface area (Å²) in [5.74, 6) is 1.22. The smallest absolute Gasteiger partial charge is 0.242 e. The van der Waals surface area contributed by atoms with Crippen LogP contribution in [0.2, 0.25) is 0 Å². The second-order valence-electron chi connectivity index (χ2n) is 8.96. The minimum atomic E-state index is 0.0721. The Morgan fingerprint density at radius 1 is 1.08 bits per heavy atom. The summed E-state index contributed by atoms with van der Waals surface area (Å²) in [7, 11) is 0. The van der Waals surface area contributed by atoms with Gasteiger partial charge in [0.15, 0.2) is 5.82 Å². The first kappa shape index (κ1) is 18.2. The first-order valence-electron chi connectivity index (χ1n) is 9.57. The normalized spacial score (nSPS) is 24.0. The average molecular weight is 348 g/mol. The number of piperidine rings is 1. The van der Waals surface area contributed by atoms with E-state index in [1.807, 2.05) is 0 Å². The Morgan fingerprint density at radius 3 is 2.36 bits per heavy atom. The molecule has 2 heterocycles. The average Bonchev–Trinajstić information content (AvgIpc) is 2.49. The largest absolute Gasteiger partial charge is 0.473 e. The van der Waals surface area contributed by atoms with Crippen LogP contribution in [0.5, 0.6) is 5.88 Å². The fraction of sp³-hybridized carbons (Fsp3) is 0.789. The Hall–Kier alpha value is -1.56. The first-order valence-corrected chi connectivity index (χ1v) is 9.57. The molecule has 6 nitrogen and oxygen atoms in total. The van der Waals surface area contributed by atoms with Crippen molar-refractivity contribution in [3.63, 3.8) is 0 Å². The number of nitrogens with two attached hydrogens (primary N) is 1. The highest BCUT2D eigenvalue weighted by molar-refractivity contribution is 5.66. The molecule has 25 heavy (non-hydrogen) atoms. The van der Waals surface area contributed by atoms with Crippen LogP contribution in [0.15, 0.2) is 6.33 Å². The van der Waals surface area contributed by atoms with E-state index in [9.17, 15) is 0 Å². The molecule has 1 aromatic heterocycles. The van der Waals surface area contributed by atoms with Gasteiger partial charge in [-0.15, -0.1) is 0 Å². The van der Waals surface area contributed by atoms with E-state index in [4.69, 9.17) is 10.5 Å². The number of nitrogens with zero attached hydrogens (tertiary/aromatic N) is 2. The lowest BCUT2D eigenvalue weighted by molar-refractivity contribution is 0.149. The standard InChI is InChI=1S/C19H33N5O/c1-18(2)10-13(11-19(3,4)24-18)23-16-15(20)17(22-12-21-16)25-14-8-6-5-7-9-14/h12-14,24H,5-11,20H2,1-4H3,(H,21,22,23). The molecular formula is C19H33N5O. The van der Waals surface area contributed by atoms with Crippen molar-refractivity contribution in [1.29, 1.82) is 0 Å². The van der Waals surface area contributed by atoms with E-state index in [0.29, 0.717) is 23.4 Å². The second-order valence-corrected chi connectivity index (χ2v) is 8.96. The quantitative estimate of drug-likeness (QED) is 0.773. The van der Waals surface area contributed by atoms with Gasteiger partial charge in [-0.25, -0.2) is 4.98 Å². The molecule has 0 radical (unpaired) electrons. The predicted molar refractivity (Wildman–Crippen MR) is 102 cm³/mol. The van der Waals surface area contributed by atoms with Crippen LogP contribution >= 0.6 is 0 Å². The molecule has 6 heteroatoms. The summed E-state index contributed by atoms with van der Waals surface area (Å²) in [5.41, 5.74) is 7.00. The fourth-order valence-electron chi connectivity index (χ4n) is 4.55. The SMILES string of the molecule is CC1(C)CC(Nc2ncnc(OC3CCCCC3)c2N)CC(C)(C)N1. The number of aromatic nitrogens is 2. The third-order valence-electron chi connectivity index (χ3n) is 5.21. The molecule has 0 bridgehead atoms. The summed E-state index contributed by atoms with van der Waals surface area (Å²) in [6.07, 6.45) is 9.72. The van der Waals surface area contributed by atoms with E-state index in [1.54, 1.807) is 6.33 Å². The number of hydrogen-bond donors (Lipinski definition) is 3. The van der Waals surface area contributed by atoms with Crippen LogP contribution in [0.4, 0.5) is 11.5 Å². The van der Waals surface area contributed by atoms with Crippen molar-refractivity contribution < 1.29 is 4.74 Å². The zero-order chi connectivity index (χ0) is 18.1. The van der Waals surface area contributed by atoms with Gasteiger partial charge >= 0.3 is 0 Å². The molecule has 1 aliphatic heterocycles. The van der Waals surface area contributed by atoms with Crippen molar-refractivity contribution in [2.75, 3.05) is 11.1 Å². The summed E-state index contributed by atoms with van der Waals surface area (Å²) >= 11 is 0. The third-order valence-corrected chi connectivity index (χ3v) is 5.21.